The highest BCUT2D eigenvalue weighted by Crippen LogP contribution is 2.29. The number of nitrogens with two attached hydrogens (primary N) is 1. The van der Waals surface area contributed by atoms with E-state index in [0.29, 0.717) is 12.6 Å². The smallest absolute Gasteiger partial charge is 0.0402 e. The van der Waals surface area contributed by atoms with E-state index in [1.54, 1.807) is 0 Å². The lowest BCUT2D eigenvalue weighted by atomic mass is 10.1. The Morgan fingerprint density at radius 2 is 2.17 bits per heavy atom. The van der Waals surface area contributed by atoms with Gasteiger partial charge < -0.3 is 10.6 Å². The quantitative estimate of drug-likeness (QED) is 0.922. The molecule has 1 aliphatic rings. The Hall–Kier alpha value is -0.540. The standard InChI is InChI=1S/C15H23BrN2/c1-12-5-3-2-4-10-18(12)15-7-6-14(16)11-13(15)8-9-17/h6-7,11-12H,2-5,8-10,17H2,1H3. The zero-order valence-electron chi connectivity index (χ0n) is 11.2. The minimum atomic E-state index is 0.644. The highest BCUT2D eigenvalue weighted by atomic mass is 79.9. The molecule has 2 nitrogen and oxygen atoms in total. The lowest BCUT2D eigenvalue weighted by Crippen LogP contribution is -2.33. The first-order valence-electron chi connectivity index (χ1n) is 6.97. The number of benzene rings is 1. The van der Waals surface area contributed by atoms with Gasteiger partial charge in [-0.1, -0.05) is 28.8 Å². The van der Waals surface area contributed by atoms with Crippen molar-refractivity contribution in [2.45, 2.75) is 45.1 Å². The van der Waals surface area contributed by atoms with Crippen LogP contribution >= 0.6 is 15.9 Å². The van der Waals surface area contributed by atoms with Gasteiger partial charge in [0.05, 0.1) is 0 Å². The third kappa shape index (κ3) is 3.27. The van der Waals surface area contributed by atoms with Gasteiger partial charge in [0.2, 0.25) is 0 Å². The molecular weight excluding hydrogens is 288 g/mol. The van der Waals surface area contributed by atoms with E-state index in [2.05, 4.69) is 46.0 Å². The first-order chi connectivity index (χ1) is 8.72. The van der Waals surface area contributed by atoms with E-state index in [1.807, 2.05) is 0 Å². The SMILES string of the molecule is CC1CCCCCN1c1ccc(Br)cc1CCN. The van der Waals surface area contributed by atoms with Crippen LogP contribution in [0.2, 0.25) is 0 Å². The van der Waals surface area contributed by atoms with Crippen LogP contribution in [-0.2, 0) is 6.42 Å². The Labute approximate surface area is 119 Å². The molecule has 1 atom stereocenters. The molecule has 2 N–H and O–H groups in total. The molecule has 1 saturated heterocycles. The molecule has 1 heterocycles. The molecule has 0 aliphatic carbocycles. The van der Waals surface area contributed by atoms with E-state index in [-0.39, 0.29) is 0 Å². The van der Waals surface area contributed by atoms with Gasteiger partial charge in [-0.15, -0.1) is 0 Å². The third-order valence-corrected chi connectivity index (χ3v) is 4.31. The maximum atomic E-state index is 5.74. The van der Waals surface area contributed by atoms with Gasteiger partial charge in [-0.25, -0.2) is 0 Å². The van der Waals surface area contributed by atoms with Crippen molar-refractivity contribution < 1.29 is 0 Å². The minimum absolute atomic E-state index is 0.644. The Morgan fingerprint density at radius 3 is 2.94 bits per heavy atom. The summed E-state index contributed by atoms with van der Waals surface area (Å²) in [6, 6.07) is 7.26. The van der Waals surface area contributed by atoms with Gasteiger partial charge in [0, 0.05) is 22.7 Å². The molecule has 0 saturated carbocycles. The van der Waals surface area contributed by atoms with E-state index >= 15 is 0 Å². The molecule has 0 aromatic heterocycles. The van der Waals surface area contributed by atoms with E-state index in [1.165, 1.54) is 43.5 Å². The molecule has 0 radical (unpaired) electrons. The molecule has 1 fully saturated rings. The lowest BCUT2D eigenvalue weighted by Gasteiger charge is -2.31. The summed E-state index contributed by atoms with van der Waals surface area (Å²) in [5.41, 5.74) is 8.50. The fraction of sp³-hybridized carbons (Fsp3) is 0.600. The molecule has 3 heteroatoms. The van der Waals surface area contributed by atoms with Gasteiger partial charge >= 0.3 is 0 Å². The average Bonchev–Trinajstić information content (AvgIpc) is 2.55. The summed E-state index contributed by atoms with van der Waals surface area (Å²) < 4.78 is 1.15. The number of hydrogen-bond donors (Lipinski definition) is 1. The maximum Gasteiger partial charge on any atom is 0.0402 e. The number of hydrogen-bond acceptors (Lipinski definition) is 2. The number of nitrogens with zero attached hydrogens (tertiary/aromatic N) is 1. The fourth-order valence-corrected chi connectivity index (χ4v) is 3.23. The second-order valence-electron chi connectivity index (χ2n) is 5.20. The monoisotopic (exact) mass is 310 g/mol. The van der Waals surface area contributed by atoms with Gasteiger partial charge in [-0.05, 0) is 56.5 Å². The predicted molar refractivity (Wildman–Crippen MR) is 82.2 cm³/mol. The second-order valence-corrected chi connectivity index (χ2v) is 6.12. The first kappa shape index (κ1) is 13.9. The zero-order valence-corrected chi connectivity index (χ0v) is 12.7. The number of anilines is 1. The predicted octanol–water partition coefficient (Wildman–Crippen LogP) is 3.72. The third-order valence-electron chi connectivity index (χ3n) is 3.82. The van der Waals surface area contributed by atoms with Crippen LogP contribution in [0.25, 0.3) is 0 Å². The largest absolute Gasteiger partial charge is 0.369 e. The van der Waals surface area contributed by atoms with Crippen LogP contribution in [0.3, 0.4) is 0 Å². The highest BCUT2D eigenvalue weighted by Gasteiger charge is 2.19. The van der Waals surface area contributed by atoms with Crippen molar-refractivity contribution in [1.29, 1.82) is 0 Å². The Kier molecular flexibility index (Phi) is 5.07. The Bertz CT molecular complexity index is 392. The molecule has 1 unspecified atom stereocenters. The van der Waals surface area contributed by atoms with Crippen LogP contribution in [0.5, 0.6) is 0 Å². The highest BCUT2D eigenvalue weighted by molar-refractivity contribution is 9.10. The molecule has 0 spiro atoms. The molecule has 18 heavy (non-hydrogen) atoms. The van der Waals surface area contributed by atoms with Crippen LogP contribution in [0.15, 0.2) is 22.7 Å². The van der Waals surface area contributed by atoms with Crippen molar-refractivity contribution in [3.63, 3.8) is 0 Å². The van der Waals surface area contributed by atoms with Gasteiger partial charge in [0.15, 0.2) is 0 Å². The molecule has 2 rings (SSSR count). The first-order valence-corrected chi connectivity index (χ1v) is 7.77. The van der Waals surface area contributed by atoms with Gasteiger partial charge in [0.25, 0.3) is 0 Å². The van der Waals surface area contributed by atoms with Crippen molar-refractivity contribution in [1.82, 2.24) is 0 Å². The Balaban J connectivity index is 2.29. The van der Waals surface area contributed by atoms with Crippen molar-refractivity contribution in [2.24, 2.45) is 5.73 Å². The van der Waals surface area contributed by atoms with Gasteiger partial charge in [-0.2, -0.15) is 0 Å². The summed E-state index contributed by atoms with van der Waals surface area (Å²) in [5, 5.41) is 0. The van der Waals surface area contributed by atoms with Crippen LogP contribution in [-0.4, -0.2) is 19.1 Å². The number of rotatable bonds is 3. The summed E-state index contributed by atoms with van der Waals surface area (Å²) >= 11 is 3.56. The molecule has 1 aliphatic heterocycles. The topological polar surface area (TPSA) is 29.3 Å². The maximum absolute atomic E-state index is 5.74. The normalized spacial score (nSPS) is 20.8. The average molecular weight is 311 g/mol. The lowest BCUT2D eigenvalue weighted by molar-refractivity contribution is 0.614. The molecule has 0 bridgehead atoms. The van der Waals surface area contributed by atoms with Gasteiger partial charge in [0.1, 0.15) is 0 Å². The molecule has 100 valence electrons. The van der Waals surface area contributed by atoms with E-state index in [9.17, 15) is 0 Å². The molecule has 0 amide bonds. The fourth-order valence-electron chi connectivity index (χ4n) is 2.82. The second kappa shape index (κ2) is 6.58. The van der Waals surface area contributed by atoms with Crippen molar-refractivity contribution in [3.8, 4) is 0 Å². The van der Waals surface area contributed by atoms with Gasteiger partial charge in [-0.3, -0.25) is 0 Å². The zero-order chi connectivity index (χ0) is 13.0. The van der Waals surface area contributed by atoms with Crippen LogP contribution in [0.4, 0.5) is 5.69 Å². The van der Waals surface area contributed by atoms with Crippen LogP contribution in [0.1, 0.15) is 38.2 Å². The number of halogens is 1. The van der Waals surface area contributed by atoms with E-state index < -0.39 is 0 Å². The molecule has 1 aromatic carbocycles. The van der Waals surface area contributed by atoms with Crippen molar-refractivity contribution in [2.75, 3.05) is 18.0 Å². The summed E-state index contributed by atoms with van der Waals surface area (Å²) in [4.78, 5) is 2.57. The summed E-state index contributed by atoms with van der Waals surface area (Å²) in [7, 11) is 0. The molecular formula is C15H23BrN2. The van der Waals surface area contributed by atoms with Crippen LogP contribution in [0, 0.1) is 0 Å². The molecule has 1 aromatic rings. The van der Waals surface area contributed by atoms with Crippen molar-refractivity contribution >= 4 is 21.6 Å². The summed E-state index contributed by atoms with van der Waals surface area (Å²) in [6.07, 6.45) is 6.29. The van der Waals surface area contributed by atoms with Crippen LogP contribution < -0.4 is 10.6 Å². The Morgan fingerprint density at radius 1 is 1.33 bits per heavy atom. The summed E-state index contributed by atoms with van der Waals surface area (Å²) in [5.74, 6) is 0. The van der Waals surface area contributed by atoms with E-state index in [0.717, 1.165) is 10.9 Å². The summed E-state index contributed by atoms with van der Waals surface area (Å²) in [6.45, 7) is 4.24. The van der Waals surface area contributed by atoms with Crippen molar-refractivity contribution in [3.05, 3.63) is 28.2 Å². The minimum Gasteiger partial charge on any atom is -0.369 e. The van der Waals surface area contributed by atoms with E-state index in [4.69, 9.17) is 5.73 Å².